The summed E-state index contributed by atoms with van der Waals surface area (Å²) >= 11 is 0. The summed E-state index contributed by atoms with van der Waals surface area (Å²) in [7, 11) is 0. The summed E-state index contributed by atoms with van der Waals surface area (Å²) in [4.78, 5) is 10.8. The zero-order chi connectivity index (χ0) is 12.1. The Hall–Kier alpha value is -0.730. The van der Waals surface area contributed by atoms with Crippen LogP contribution in [0.4, 0.5) is 4.79 Å². The van der Waals surface area contributed by atoms with Gasteiger partial charge in [0.2, 0.25) is 0 Å². The number of amides is 2. The molecule has 0 bridgehead atoms. The van der Waals surface area contributed by atoms with Crippen molar-refractivity contribution in [2.45, 2.75) is 58.9 Å². The van der Waals surface area contributed by atoms with Crippen molar-refractivity contribution in [2.24, 2.45) is 23.5 Å². The van der Waals surface area contributed by atoms with Crippen molar-refractivity contribution in [3.63, 3.8) is 0 Å². The number of hydrogen-bond acceptors (Lipinski definition) is 1. The van der Waals surface area contributed by atoms with Gasteiger partial charge in [-0.2, -0.15) is 0 Å². The maximum Gasteiger partial charge on any atom is 0.312 e. The average molecular weight is 226 g/mol. The lowest BCUT2D eigenvalue weighted by Gasteiger charge is -2.35. The quantitative estimate of drug-likeness (QED) is 0.761. The molecule has 0 spiro atoms. The number of primary amides is 1. The fourth-order valence-electron chi connectivity index (χ4n) is 3.24. The highest BCUT2D eigenvalue weighted by molar-refractivity contribution is 5.71. The van der Waals surface area contributed by atoms with Crippen molar-refractivity contribution < 1.29 is 4.79 Å². The number of urea groups is 1. The molecule has 94 valence electrons. The molecule has 0 heterocycles. The smallest absolute Gasteiger partial charge is 0.312 e. The predicted octanol–water partition coefficient (Wildman–Crippen LogP) is 2.90. The number of hydrogen-bond donors (Lipinski definition) is 2. The van der Waals surface area contributed by atoms with Crippen LogP contribution in [-0.4, -0.2) is 12.1 Å². The molecule has 1 rings (SSSR count). The van der Waals surface area contributed by atoms with Crippen LogP contribution in [0, 0.1) is 17.8 Å². The van der Waals surface area contributed by atoms with E-state index in [1.54, 1.807) is 0 Å². The Morgan fingerprint density at radius 1 is 1.31 bits per heavy atom. The zero-order valence-electron chi connectivity index (χ0n) is 10.8. The molecule has 0 radical (unpaired) electrons. The molecule has 2 amide bonds. The van der Waals surface area contributed by atoms with E-state index in [2.05, 4.69) is 26.1 Å². The predicted molar refractivity (Wildman–Crippen MR) is 67.1 cm³/mol. The normalized spacial score (nSPS) is 27.8. The average Bonchev–Trinajstić information content (AvgIpc) is 2.20. The fraction of sp³-hybridized carbons (Fsp3) is 0.923. The summed E-state index contributed by atoms with van der Waals surface area (Å²) in [6, 6.07) is -0.0576. The lowest BCUT2D eigenvalue weighted by atomic mass is 9.73. The van der Waals surface area contributed by atoms with Gasteiger partial charge in [-0.3, -0.25) is 0 Å². The van der Waals surface area contributed by atoms with Crippen molar-refractivity contribution in [1.82, 2.24) is 5.32 Å². The van der Waals surface area contributed by atoms with E-state index < -0.39 is 0 Å². The van der Waals surface area contributed by atoms with Crippen LogP contribution in [0.2, 0.25) is 0 Å². The van der Waals surface area contributed by atoms with E-state index in [-0.39, 0.29) is 6.03 Å². The molecule has 0 aromatic rings. The zero-order valence-corrected chi connectivity index (χ0v) is 10.8. The molecule has 0 aliphatic heterocycles. The van der Waals surface area contributed by atoms with E-state index in [4.69, 9.17) is 5.73 Å². The number of carbonyl (C=O) groups excluding carboxylic acids is 1. The molecule has 1 aliphatic rings. The summed E-state index contributed by atoms with van der Waals surface area (Å²) in [5.41, 5.74) is 5.14. The minimum atomic E-state index is -0.376. The number of nitrogens with one attached hydrogen (secondary N) is 1. The molecule has 1 aliphatic carbocycles. The monoisotopic (exact) mass is 226 g/mol. The van der Waals surface area contributed by atoms with Gasteiger partial charge in [-0.15, -0.1) is 0 Å². The Kier molecular flexibility index (Phi) is 5.10. The van der Waals surface area contributed by atoms with Crippen molar-refractivity contribution >= 4 is 6.03 Å². The van der Waals surface area contributed by atoms with Crippen LogP contribution in [0.1, 0.15) is 52.9 Å². The van der Waals surface area contributed by atoms with E-state index in [0.717, 1.165) is 30.6 Å². The molecular weight excluding hydrogens is 200 g/mol. The third kappa shape index (κ3) is 3.69. The number of rotatable bonds is 4. The van der Waals surface area contributed by atoms with Crippen LogP contribution in [0.25, 0.3) is 0 Å². The first-order valence-electron chi connectivity index (χ1n) is 6.60. The molecule has 0 aromatic heterocycles. The molecule has 3 heteroatoms. The minimum Gasteiger partial charge on any atom is -0.352 e. The lowest BCUT2D eigenvalue weighted by Crippen LogP contribution is -2.41. The first-order chi connectivity index (χ1) is 7.54. The molecule has 1 atom stereocenters. The van der Waals surface area contributed by atoms with E-state index in [1.807, 2.05) is 0 Å². The Balaban J connectivity index is 2.38. The largest absolute Gasteiger partial charge is 0.352 e. The van der Waals surface area contributed by atoms with Gasteiger partial charge < -0.3 is 11.1 Å². The second kappa shape index (κ2) is 6.12. The van der Waals surface area contributed by atoms with Crippen LogP contribution in [-0.2, 0) is 0 Å². The van der Waals surface area contributed by atoms with Gasteiger partial charge >= 0.3 is 6.03 Å². The highest BCUT2D eigenvalue weighted by atomic mass is 16.2. The Labute approximate surface area is 99.2 Å². The van der Waals surface area contributed by atoms with Gasteiger partial charge in [0, 0.05) is 6.04 Å². The van der Waals surface area contributed by atoms with Gasteiger partial charge in [0.1, 0.15) is 0 Å². The molecule has 1 saturated carbocycles. The molecule has 0 saturated heterocycles. The highest BCUT2D eigenvalue weighted by Gasteiger charge is 2.28. The molecule has 1 unspecified atom stereocenters. The van der Waals surface area contributed by atoms with Gasteiger partial charge in [0.05, 0.1) is 0 Å². The van der Waals surface area contributed by atoms with Gasteiger partial charge in [0.25, 0.3) is 0 Å². The van der Waals surface area contributed by atoms with Crippen LogP contribution < -0.4 is 11.1 Å². The first-order valence-corrected chi connectivity index (χ1v) is 6.60. The Morgan fingerprint density at radius 3 is 2.25 bits per heavy atom. The van der Waals surface area contributed by atoms with Crippen molar-refractivity contribution in [1.29, 1.82) is 0 Å². The number of carbonyl (C=O) groups is 1. The van der Waals surface area contributed by atoms with E-state index in [1.165, 1.54) is 19.3 Å². The van der Waals surface area contributed by atoms with Gasteiger partial charge in [-0.1, -0.05) is 27.2 Å². The summed E-state index contributed by atoms with van der Waals surface area (Å²) < 4.78 is 0. The maximum absolute atomic E-state index is 10.8. The lowest BCUT2D eigenvalue weighted by molar-refractivity contribution is 0.171. The van der Waals surface area contributed by atoms with Crippen molar-refractivity contribution in [3.05, 3.63) is 0 Å². The summed E-state index contributed by atoms with van der Waals surface area (Å²) in [6.07, 6.45) is 5.94. The van der Waals surface area contributed by atoms with Gasteiger partial charge in [0.15, 0.2) is 0 Å². The van der Waals surface area contributed by atoms with Gasteiger partial charge in [-0.05, 0) is 43.4 Å². The van der Waals surface area contributed by atoms with Crippen LogP contribution in [0.15, 0.2) is 0 Å². The summed E-state index contributed by atoms with van der Waals surface area (Å²) in [5.74, 6) is 2.46. The second-order valence-electron chi connectivity index (χ2n) is 5.44. The van der Waals surface area contributed by atoms with E-state index in [0.29, 0.717) is 6.04 Å². The maximum atomic E-state index is 10.8. The summed E-state index contributed by atoms with van der Waals surface area (Å²) in [6.45, 7) is 6.93. The van der Waals surface area contributed by atoms with E-state index >= 15 is 0 Å². The molecule has 1 fully saturated rings. The third-order valence-corrected chi connectivity index (χ3v) is 4.05. The molecular formula is C13H26N2O. The standard InChI is InChI=1S/C13H26N2O/c1-4-12(9(2)3)10-5-7-11(8-6-10)15-13(14)16/h9-12H,4-8H2,1-3H3,(H3,14,15,16). The van der Waals surface area contributed by atoms with E-state index in [9.17, 15) is 4.79 Å². The topological polar surface area (TPSA) is 55.1 Å². The summed E-state index contributed by atoms with van der Waals surface area (Å²) in [5, 5.41) is 2.83. The molecule has 16 heavy (non-hydrogen) atoms. The third-order valence-electron chi connectivity index (χ3n) is 4.05. The van der Waals surface area contributed by atoms with Crippen LogP contribution >= 0.6 is 0 Å². The van der Waals surface area contributed by atoms with Crippen LogP contribution in [0.5, 0.6) is 0 Å². The fourth-order valence-corrected chi connectivity index (χ4v) is 3.24. The number of nitrogens with two attached hydrogens (primary N) is 1. The highest BCUT2D eigenvalue weighted by Crippen LogP contribution is 2.35. The molecule has 3 nitrogen and oxygen atoms in total. The SMILES string of the molecule is CCC(C(C)C)C1CCC(NC(N)=O)CC1. The molecule has 3 N–H and O–H groups in total. The Morgan fingerprint density at radius 2 is 1.88 bits per heavy atom. The van der Waals surface area contributed by atoms with Crippen LogP contribution in [0.3, 0.4) is 0 Å². The van der Waals surface area contributed by atoms with Gasteiger partial charge in [-0.25, -0.2) is 4.79 Å². The Bertz CT molecular complexity index is 220. The molecule has 0 aromatic carbocycles. The second-order valence-corrected chi connectivity index (χ2v) is 5.44. The minimum absolute atomic E-state index is 0.318. The first kappa shape index (κ1) is 13.3. The van der Waals surface area contributed by atoms with Crippen molar-refractivity contribution in [2.75, 3.05) is 0 Å². The van der Waals surface area contributed by atoms with Crippen molar-refractivity contribution in [3.8, 4) is 0 Å².